The fourth-order valence-corrected chi connectivity index (χ4v) is 3.09. The zero-order chi connectivity index (χ0) is 18.0. The van der Waals surface area contributed by atoms with Gasteiger partial charge in [0.1, 0.15) is 0 Å². The second-order valence-corrected chi connectivity index (χ2v) is 7.71. The molecule has 1 fully saturated rings. The van der Waals surface area contributed by atoms with E-state index >= 15 is 0 Å². The molecule has 0 saturated carbocycles. The van der Waals surface area contributed by atoms with Gasteiger partial charge in [-0.3, -0.25) is 0 Å². The van der Waals surface area contributed by atoms with Crippen LogP contribution in [0.5, 0.6) is 0 Å². The number of nitrogens with one attached hydrogen (secondary N) is 1. The molecule has 6 heteroatoms. The topological polar surface area (TPSA) is 57.2 Å². The predicted octanol–water partition coefficient (Wildman–Crippen LogP) is 3.03. The van der Waals surface area contributed by atoms with Crippen LogP contribution in [0.2, 0.25) is 0 Å². The first kappa shape index (κ1) is 17.5. The first-order chi connectivity index (χ1) is 11.8. The van der Waals surface area contributed by atoms with Crippen LogP contribution in [0.4, 0.5) is 17.5 Å². The third kappa shape index (κ3) is 4.18. The monoisotopic (exact) mass is 340 g/mol. The van der Waals surface area contributed by atoms with E-state index in [9.17, 15) is 0 Å². The van der Waals surface area contributed by atoms with Crippen LogP contribution >= 0.6 is 0 Å². The van der Waals surface area contributed by atoms with E-state index < -0.39 is 0 Å². The van der Waals surface area contributed by atoms with Crippen molar-refractivity contribution in [3.05, 3.63) is 35.5 Å². The van der Waals surface area contributed by atoms with E-state index in [-0.39, 0.29) is 5.54 Å². The lowest BCUT2D eigenvalue weighted by Crippen LogP contribution is -2.47. The molecule has 3 rings (SSSR count). The summed E-state index contributed by atoms with van der Waals surface area (Å²) < 4.78 is 0. The molecule has 0 unspecified atom stereocenters. The summed E-state index contributed by atoms with van der Waals surface area (Å²) in [5.41, 5.74) is 3.98. The van der Waals surface area contributed by atoms with Crippen molar-refractivity contribution in [3.63, 3.8) is 0 Å². The van der Waals surface area contributed by atoms with Crippen LogP contribution in [0.15, 0.2) is 24.4 Å². The van der Waals surface area contributed by atoms with Gasteiger partial charge in [-0.15, -0.1) is 5.10 Å². The summed E-state index contributed by atoms with van der Waals surface area (Å²) >= 11 is 0. The molecule has 1 aliphatic rings. The minimum absolute atomic E-state index is 0.0816. The Morgan fingerprint density at radius 3 is 2.36 bits per heavy atom. The van der Waals surface area contributed by atoms with Crippen molar-refractivity contribution in [2.24, 2.45) is 0 Å². The molecule has 1 aromatic carbocycles. The van der Waals surface area contributed by atoms with Crippen molar-refractivity contribution in [2.45, 2.75) is 40.2 Å². The van der Waals surface area contributed by atoms with Gasteiger partial charge in [0, 0.05) is 37.4 Å². The number of aryl methyl sites for hydroxylation is 1. The average Bonchev–Trinajstić information content (AvgIpc) is 2.56. The lowest BCUT2D eigenvalue weighted by atomic mass is 10.1. The molecule has 2 aromatic rings. The van der Waals surface area contributed by atoms with Crippen LogP contribution in [0.1, 0.15) is 31.9 Å². The van der Waals surface area contributed by atoms with E-state index in [1.807, 2.05) is 0 Å². The number of nitrogens with zero attached hydrogens (tertiary/aromatic N) is 5. The molecule has 1 N–H and O–H groups in total. The number of rotatable bonds is 3. The number of benzene rings is 1. The van der Waals surface area contributed by atoms with Crippen LogP contribution in [0, 0.1) is 13.8 Å². The summed E-state index contributed by atoms with van der Waals surface area (Å²) in [6, 6.07) is 6.53. The number of piperazine rings is 1. The van der Waals surface area contributed by atoms with Gasteiger partial charge in [0.25, 0.3) is 0 Å². The lowest BCUT2D eigenvalue weighted by Gasteiger charge is -2.37. The van der Waals surface area contributed by atoms with Gasteiger partial charge in [-0.25, -0.2) is 0 Å². The molecular formula is C19H28N6. The molecule has 0 spiro atoms. The normalized spacial score (nSPS) is 15.4. The molecule has 134 valence electrons. The zero-order valence-electron chi connectivity index (χ0n) is 15.9. The number of hydrogen-bond acceptors (Lipinski definition) is 6. The van der Waals surface area contributed by atoms with Gasteiger partial charge in [-0.05, 0) is 51.8 Å². The molecule has 2 heterocycles. The second kappa shape index (κ2) is 6.86. The molecule has 0 bridgehead atoms. The summed E-state index contributed by atoms with van der Waals surface area (Å²) in [5, 5.41) is 11.5. The Hall–Kier alpha value is -2.37. The Labute approximate surface area is 150 Å². The van der Waals surface area contributed by atoms with Gasteiger partial charge in [0.05, 0.1) is 6.20 Å². The van der Waals surface area contributed by atoms with Gasteiger partial charge in [0.2, 0.25) is 5.95 Å². The molecule has 0 radical (unpaired) electrons. The molecule has 0 aliphatic carbocycles. The number of hydrogen-bond donors (Lipinski definition) is 1. The van der Waals surface area contributed by atoms with E-state index in [2.05, 4.69) is 83.1 Å². The maximum atomic E-state index is 4.63. The summed E-state index contributed by atoms with van der Waals surface area (Å²) in [6.45, 7) is 14.5. The minimum atomic E-state index is -0.0816. The van der Waals surface area contributed by atoms with Crippen molar-refractivity contribution in [1.82, 2.24) is 15.2 Å². The summed E-state index contributed by atoms with van der Waals surface area (Å²) in [7, 11) is 0. The third-order valence-electron chi connectivity index (χ3n) is 4.55. The van der Waals surface area contributed by atoms with Gasteiger partial charge in [-0.1, -0.05) is 12.1 Å². The maximum Gasteiger partial charge on any atom is 0.245 e. The highest BCUT2D eigenvalue weighted by atomic mass is 15.3. The summed E-state index contributed by atoms with van der Waals surface area (Å²) in [6.07, 6.45) is 1.75. The predicted molar refractivity (Wildman–Crippen MR) is 104 cm³/mol. The molecular weight excluding hydrogens is 312 g/mol. The van der Waals surface area contributed by atoms with Crippen LogP contribution in [-0.2, 0) is 0 Å². The van der Waals surface area contributed by atoms with Crippen LogP contribution in [0.3, 0.4) is 0 Å². The quantitative estimate of drug-likeness (QED) is 0.927. The molecule has 0 atom stereocenters. The highest BCUT2D eigenvalue weighted by Crippen LogP contribution is 2.25. The van der Waals surface area contributed by atoms with Crippen molar-refractivity contribution in [3.8, 4) is 0 Å². The molecule has 1 aromatic heterocycles. The first-order valence-corrected chi connectivity index (χ1v) is 8.87. The Morgan fingerprint density at radius 2 is 1.68 bits per heavy atom. The Morgan fingerprint density at radius 1 is 1.00 bits per heavy atom. The van der Waals surface area contributed by atoms with Crippen molar-refractivity contribution in [2.75, 3.05) is 41.3 Å². The first-order valence-electron chi connectivity index (χ1n) is 8.87. The average molecular weight is 340 g/mol. The second-order valence-electron chi connectivity index (χ2n) is 7.71. The van der Waals surface area contributed by atoms with Crippen LogP contribution in [0.25, 0.3) is 0 Å². The Kier molecular flexibility index (Phi) is 4.79. The molecule has 25 heavy (non-hydrogen) atoms. The maximum absolute atomic E-state index is 4.63. The fourth-order valence-electron chi connectivity index (χ4n) is 3.09. The van der Waals surface area contributed by atoms with Gasteiger partial charge < -0.3 is 15.1 Å². The van der Waals surface area contributed by atoms with Crippen LogP contribution in [-0.4, -0.2) is 46.9 Å². The van der Waals surface area contributed by atoms with E-state index in [1.54, 1.807) is 6.20 Å². The standard InChI is InChI=1S/C19H28N6/c1-14-7-6-8-16(15(14)2)24-9-11-25(12-10-24)17-13-20-23-18(21-17)22-19(3,4)5/h6-8,13H,9-12H2,1-5H3,(H,21,22,23). The third-order valence-corrected chi connectivity index (χ3v) is 4.55. The van der Waals surface area contributed by atoms with E-state index in [0.717, 1.165) is 32.0 Å². The molecule has 6 nitrogen and oxygen atoms in total. The highest BCUT2D eigenvalue weighted by Gasteiger charge is 2.21. The van der Waals surface area contributed by atoms with E-state index in [0.29, 0.717) is 5.95 Å². The minimum Gasteiger partial charge on any atom is -0.368 e. The summed E-state index contributed by atoms with van der Waals surface area (Å²) in [4.78, 5) is 9.38. The molecule has 1 saturated heterocycles. The van der Waals surface area contributed by atoms with Gasteiger partial charge in [0.15, 0.2) is 5.82 Å². The zero-order valence-corrected chi connectivity index (χ0v) is 15.9. The number of aromatic nitrogens is 3. The Bertz CT molecular complexity index is 729. The van der Waals surface area contributed by atoms with E-state index in [1.165, 1.54) is 16.8 Å². The van der Waals surface area contributed by atoms with Crippen LogP contribution < -0.4 is 15.1 Å². The fraction of sp³-hybridized carbons (Fsp3) is 0.526. The number of anilines is 3. The SMILES string of the molecule is Cc1cccc(N2CCN(c3cnnc(NC(C)(C)C)n3)CC2)c1C. The largest absolute Gasteiger partial charge is 0.368 e. The van der Waals surface area contributed by atoms with Crippen molar-refractivity contribution >= 4 is 17.5 Å². The molecule has 0 amide bonds. The lowest BCUT2D eigenvalue weighted by molar-refractivity contribution is 0.617. The van der Waals surface area contributed by atoms with Crippen molar-refractivity contribution < 1.29 is 0 Å². The van der Waals surface area contributed by atoms with Gasteiger partial charge >= 0.3 is 0 Å². The van der Waals surface area contributed by atoms with Crippen molar-refractivity contribution in [1.29, 1.82) is 0 Å². The molecule has 1 aliphatic heterocycles. The Balaban J connectivity index is 1.68. The van der Waals surface area contributed by atoms with Gasteiger partial charge in [-0.2, -0.15) is 10.1 Å². The smallest absolute Gasteiger partial charge is 0.245 e. The van der Waals surface area contributed by atoms with E-state index in [4.69, 9.17) is 0 Å². The highest BCUT2D eigenvalue weighted by molar-refractivity contribution is 5.57. The summed E-state index contributed by atoms with van der Waals surface area (Å²) in [5.74, 6) is 1.48.